The Bertz CT molecular complexity index is 205. The molecule has 2 nitrogen and oxygen atoms in total. The molecule has 0 aromatic carbocycles. The molecule has 0 aliphatic heterocycles. The maximum Gasteiger partial charge on any atom is 0.248 e. The Kier molecular flexibility index (Phi) is 4.03. The van der Waals surface area contributed by atoms with Gasteiger partial charge >= 0.3 is 0 Å². The average Bonchev–Trinajstić information content (AvgIpc) is 2.34. The summed E-state index contributed by atoms with van der Waals surface area (Å²) < 4.78 is 4.01. The summed E-state index contributed by atoms with van der Waals surface area (Å²) in [4.78, 5) is 0. The van der Waals surface area contributed by atoms with Crippen LogP contribution in [0.5, 0.6) is 0 Å². The summed E-state index contributed by atoms with van der Waals surface area (Å²) in [5.41, 5.74) is 0. The van der Waals surface area contributed by atoms with E-state index in [1.807, 2.05) is 23.3 Å². The van der Waals surface area contributed by atoms with Crippen molar-refractivity contribution in [2.45, 2.75) is 13.5 Å². The lowest BCUT2D eigenvalue weighted by molar-refractivity contribution is -0.692. The number of aromatic nitrogens is 2. The molecule has 0 bridgehead atoms. The summed E-state index contributed by atoms with van der Waals surface area (Å²) in [6.07, 6.45) is 7.75. The van der Waals surface area contributed by atoms with Crippen LogP contribution < -0.4 is 21.5 Å². The maximum absolute atomic E-state index is 3.63. The van der Waals surface area contributed by atoms with Gasteiger partial charge in [0.05, 0.1) is 12.7 Å². The number of aryl methyl sites for hydroxylation is 1. The van der Waals surface area contributed by atoms with E-state index in [-0.39, 0.29) is 17.0 Å². The van der Waals surface area contributed by atoms with Gasteiger partial charge in [-0.2, -0.15) is 0 Å². The largest absolute Gasteiger partial charge is 1.00 e. The predicted molar refractivity (Wildman–Crippen MR) is 36.7 cm³/mol. The molecule has 10 heavy (non-hydrogen) atoms. The molecule has 0 atom stereocenters. The highest BCUT2D eigenvalue weighted by molar-refractivity contribution is 5.12. The molecule has 0 saturated heterocycles. The fourth-order valence-electron chi connectivity index (χ4n) is 0.706. The van der Waals surface area contributed by atoms with Gasteiger partial charge in [-0.3, -0.25) is 0 Å². The van der Waals surface area contributed by atoms with Gasteiger partial charge in [-0.05, 0) is 6.92 Å². The molecule has 0 aliphatic rings. The summed E-state index contributed by atoms with van der Waals surface area (Å²) in [6, 6.07) is 0. The lowest BCUT2D eigenvalue weighted by Gasteiger charge is -1.81. The van der Waals surface area contributed by atoms with Crippen LogP contribution in [0.25, 0.3) is 6.20 Å². The van der Waals surface area contributed by atoms with E-state index >= 15 is 0 Å². The second kappa shape index (κ2) is 4.28. The van der Waals surface area contributed by atoms with Gasteiger partial charge in [0.2, 0.25) is 6.33 Å². The Balaban J connectivity index is 0.000000810. The first kappa shape index (κ1) is 9.43. The van der Waals surface area contributed by atoms with Crippen molar-refractivity contribution in [1.82, 2.24) is 4.57 Å². The Hall–Kier alpha value is -0.570. The molecular weight excluding hydrogens is 192 g/mol. The van der Waals surface area contributed by atoms with E-state index in [9.17, 15) is 0 Å². The highest BCUT2D eigenvalue weighted by atomic mass is 79.9. The maximum atomic E-state index is 3.63. The highest BCUT2D eigenvalue weighted by Gasteiger charge is 1.94. The van der Waals surface area contributed by atoms with Crippen molar-refractivity contribution in [3.63, 3.8) is 0 Å². The molecule has 56 valence electrons. The van der Waals surface area contributed by atoms with Crippen molar-refractivity contribution in [1.29, 1.82) is 0 Å². The van der Waals surface area contributed by atoms with Crippen LogP contribution in [0.1, 0.15) is 6.92 Å². The molecule has 0 unspecified atom stereocenters. The van der Waals surface area contributed by atoms with E-state index in [0.29, 0.717) is 0 Å². The van der Waals surface area contributed by atoms with Crippen LogP contribution in [-0.4, -0.2) is 4.57 Å². The number of hydrogen-bond donors (Lipinski definition) is 0. The molecular formula is C7H11BrN2. The van der Waals surface area contributed by atoms with E-state index in [1.165, 1.54) is 0 Å². The summed E-state index contributed by atoms with van der Waals surface area (Å²) in [5, 5.41) is 0. The van der Waals surface area contributed by atoms with Gasteiger partial charge in [-0.15, -0.1) is 0 Å². The average molecular weight is 203 g/mol. The first-order valence-corrected chi connectivity index (χ1v) is 3.06. The van der Waals surface area contributed by atoms with Crippen LogP contribution >= 0.6 is 0 Å². The van der Waals surface area contributed by atoms with Gasteiger partial charge < -0.3 is 17.0 Å². The normalized spacial score (nSPS) is 8.50. The summed E-state index contributed by atoms with van der Waals surface area (Å²) in [5.74, 6) is 0. The first-order chi connectivity index (χ1) is 4.36. The van der Waals surface area contributed by atoms with Crippen molar-refractivity contribution in [3.05, 3.63) is 25.3 Å². The monoisotopic (exact) mass is 202 g/mol. The molecule has 0 N–H and O–H groups in total. The minimum atomic E-state index is 0. The highest BCUT2D eigenvalue weighted by Crippen LogP contribution is 1.81. The third-order valence-corrected chi connectivity index (χ3v) is 1.29. The fourth-order valence-corrected chi connectivity index (χ4v) is 0.706. The Morgan fingerprint density at radius 2 is 2.40 bits per heavy atom. The van der Waals surface area contributed by atoms with E-state index in [2.05, 4.69) is 18.1 Å². The molecule has 3 heteroatoms. The van der Waals surface area contributed by atoms with Gasteiger partial charge in [-0.25, -0.2) is 9.13 Å². The van der Waals surface area contributed by atoms with Crippen LogP contribution in [0.3, 0.4) is 0 Å². The topological polar surface area (TPSA) is 8.81 Å². The molecule has 0 fully saturated rings. The van der Waals surface area contributed by atoms with Crippen molar-refractivity contribution < 1.29 is 21.5 Å². The van der Waals surface area contributed by atoms with E-state index in [1.54, 1.807) is 6.20 Å². The van der Waals surface area contributed by atoms with Crippen LogP contribution in [-0.2, 0) is 6.54 Å². The molecule has 0 aliphatic carbocycles. The fraction of sp³-hybridized carbons (Fsp3) is 0.286. The predicted octanol–water partition coefficient (Wildman–Crippen LogP) is -2.10. The van der Waals surface area contributed by atoms with Crippen molar-refractivity contribution >= 4 is 6.20 Å². The Morgan fingerprint density at radius 3 is 2.70 bits per heavy atom. The van der Waals surface area contributed by atoms with Crippen molar-refractivity contribution in [2.24, 2.45) is 0 Å². The minimum absolute atomic E-state index is 0. The molecule has 0 amide bonds. The van der Waals surface area contributed by atoms with E-state index in [4.69, 9.17) is 0 Å². The Labute approximate surface area is 71.6 Å². The molecule has 1 aromatic rings. The minimum Gasteiger partial charge on any atom is -1.00 e. The summed E-state index contributed by atoms with van der Waals surface area (Å²) in [7, 11) is 0. The molecule has 0 radical (unpaired) electrons. The van der Waals surface area contributed by atoms with Gasteiger partial charge in [0, 0.05) is 0 Å². The zero-order valence-corrected chi connectivity index (χ0v) is 7.58. The van der Waals surface area contributed by atoms with E-state index < -0.39 is 0 Å². The molecule has 0 saturated carbocycles. The third kappa shape index (κ3) is 1.99. The van der Waals surface area contributed by atoms with Gasteiger partial charge in [0.15, 0.2) is 0 Å². The molecule has 1 heterocycles. The number of imidazole rings is 1. The number of halogens is 1. The van der Waals surface area contributed by atoms with Gasteiger partial charge in [-0.1, -0.05) is 6.58 Å². The molecule has 1 rings (SSSR count). The zero-order valence-electron chi connectivity index (χ0n) is 6.00. The second-order valence-electron chi connectivity index (χ2n) is 1.87. The quantitative estimate of drug-likeness (QED) is 0.487. The third-order valence-electron chi connectivity index (χ3n) is 1.29. The number of nitrogens with zero attached hydrogens (tertiary/aromatic N) is 2. The Morgan fingerprint density at radius 1 is 1.70 bits per heavy atom. The van der Waals surface area contributed by atoms with Crippen LogP contribution in [0.15, 0.2) is 25.3 Å². The molecule has 1 aromatic heterocycles. The smallest absolute Gasteiger partial charge is 0.248 e. The standard InChI is InChI=1S/C7H11N2.BrH/c1-3-8-5-6-9(4-2)7-8;/h3,5-7H,1,4H2,2H3;1H/q+1;/p-1. The first-order valence-electron chi connectivity index (χ1n) is 3.06. The molecule has 0 spiro atoms. The summed E-state index contributed by atoms with van der Waals surface area (Å²) >= 11 is 0. The van der Waals surface area contributed by atoms with Crippen LogP contribution in [0.4, 0.5) is 0 Å². The van der Waals surface area contributed by atoms with Crippen LogP contribution in [0, 0.1) is 0 Å². The van der Waals surface area contributed by atoms with Gasteiger partial charge in [0.1, 0.15) is 12.4 Å². The lowest BCUT2D eigenvalue weighted by Crippen LogP contribution is -3.00. The second-order valence-corrected chi connectivity index (χ2v) is 1.87. The summed E-state index contributed by atoms with van der Waals surface area (Å²) in [6.45, 7) is 6.75. The van der Waals surface area contributed by atoms with Crippen molar-refractivity contribution in [2.75, 3.05) is 0 Å². The zero-order chi connectivity index (χ0) is 6.69. The number of hydrogen-bond acceptors (Lipinski definition) is 0. The van der Waals surface area contributed by atoms with E-state index in [0.717, 1.165) is 6.54 Å². The van der Waals surface area contributed by atoms with Crippen molar-refractivity contribution in [3.8, 4) is 0 Å². The SMILES string of the molecule is C=Cn1cc[n+](CC)c1.[Br-]. The van der Waals surface area contributed by atoms with Crippen LogP contribution in [0.2, 0.25) is 0 Å². The number of rotatable bonds is 2. The van der Waals surface area contributed by atoms with Gasteiger partial charge in [0.25, 0.3) is 0 Å². The lowest BCUT2D eigenvalue weighted by atomic mass is 10.7.